The van der Waals surface area contributed by atoms with Crippen molar-refractivity contribution in [3.8, 4) is 0 Å². The maximum absolute atomic E-state index is 12.9. The Morgan fingerprint density at radius 1 is 1.17 bits per heavy atom. The Morgan fingerprint density at radius 3 is 2.60 bits per heavy atom. The van der Waals surface area contributed by atoms with Crippen LogP contribution in [0.4, 0.5) is 17.2 Å². The fourth-order valence-electron chi connectivity index (χ4n) is 3.81. The number of pyridine rings is 1. The summed E-state index contributed by atoms with van der Waals surface area (Å²) in [5, 5.41) is 13.6. The lowest BCUT2D eigenvalue weighted by atomic mass is 9.95. The number of nitrogens with zero attached hydrogens (tertiary/aromatic N) is 3. The van der Waals surface area contributed by atoms with E-state index in [1.54, 1.807) is 6.20 Å². The van der Waals surface area contributed by atoms with Crippen molar-refractivity contribution in [2.45, 2.75) is 32.5 Å². The summed E-state index contributed by atoms with van der Waals surface area (Å²) in [7, 11) is 1.84. The molecule has 3 aromatic rings. The largest absolute Gasteiger partial charge is 0.384 e. The zero-order valence-electron chi connectivity index (χ0n) is 20.7. The number of amides is 1. The van der Waals surface area contributed by atoms with Gasteiger partial charge in [-0.15, -0.1) is 0 Å². The van der Waals surface area contributed by atoms with Gasteiger partial charge in [-0.1, -0.05) is 43.8 Å². The molecule has 0 radical (unpaired) electrons. The van der Waals surface area contributed by atoms with Crippen LogP contribution in [-0.2, 0) is 6.54 Å². The average molecular weight is 490 g/mol. The summed E-state index contributed by atoms with van der Waals surface area (Å²) in [5.74, 6) is 0.600. The average Bonchev–Trinajstić information content (AvgIpc) is 3.23. The van der Waals surface area contributed by atoms with Crippen molar-refractivity contribution in [1.82, 2.24) is 20.3 Å². The zero-order chi connectivity index (χ0) is 25.0. The Balaban J connectivity index is 1.43. The van der Waals surface area contributed by atoms with E-state index in [9.17, 15) is 4.79 Å². The van der Waals surface area contributed by atoms with Crippen molar-refractivity contribution in [1.29, 1.82) is 0 Å². The molecular weight excluding hydrogens is 458 g/mol. The number of anilines is 3. The van der Waals surface area contributed by atoms with Gasteiger partial charge in [0.25, 0.3) is 5.91 Å². The molecule has 1 aliphatic heterocycles. The van der Waals surface area contributed by atoms with Crippen LogP contribution in [-0.4, -0.2) is 40.7 Å². The summed E-state index contributed by atoms with van der Waals surface area (Å²) in [6.45, 7) is 7.75. The molecule has 0 bridgehead atoms. The highest BCUT2D eigenvalue weighted by molar-refractivity contribution is 7.98. The number of hydrogen-bond donors (Lipinski definition) is 4. The molecule has 0 unspecified atom stereocenters. The van der Waals surface area contributed by atoms with E-state index in [0.29, 0.717) is 23.0 Å². The first-order valence-electron chi connectivity index (χ1n) is 11.4. The molecule has 4 N–H and O–H groups in total. The van der Waals surface area contributed by atoms with Crippen molar-refractivity contribution in [2.24, 2.45) is 5.41 Å². The fourth-order valence-corrected chi connectivity index (χ4v) is 4.15. The lowest BCUT2D eigenvalue weighted by molar-refractivity contribution is 0.102. The summed E-state index contributed by atoms with van der Waals surface area (Å²) in [6, 6.07) is 9.52. The van der Waals surface area contributed by atoms with E-state index < -0.39 is 0 Å². The van der Waals surface area contributed by atoms with Gasteiger partial charge in [-0.05, 0) is 36.9 Å². The van der Waals surface area contributed by atoms with Crippen LogP contribution in [0.2, 0.25) is 0 Å². The third-order valence-corrected chi connectivity index (χ3v) is 6.37. The number of carbonyl (C=O) groups excluding carboxylic acids is 1. The maximum atomic E-state index is 12.9. The Morgan fingerprint density at radius 2 is 1.94 bits per heavy atom. The topological polar surface area (TPSA) is 104 Å². The third-order valence-electron chi connectivity index (χ3n) is 5.80. The fraction of sp³-hybridized carbons (Fsp3) is 0.308. The first kappa shape index (κ1) is 24.5. The molecule has 4 rings (SSSR count). The van der Waals surface area contributed by atoms with Crippen molar-refractivity contribution in [3.63, 3.8) is 0 Å². The number of carbonyl (C=O) groups is 1. The molecule has 8 nitrogen and oxygen atoms in total. The molecule has 3 heterocycles. The Kier molecular flexibility index (Phi) is 7.25. The first-order chi connectivity index (χ1) is 16.8. The van der Waals surface area contributed by atoms with Gasteiger partial charge in [-0.25, -0.2) is 9.97 Å². The van der Waals surface area contributed by atoms with Gasteiger partial charge in [0.05, 0.1) is 23.3 Å². The van der Waals surface area contributed by atoms with E-state index in [1.807, 2.05) is 56.8 Å². The lowest BCUT2D eigenvalue weighted by Gasteiger charge is -2.14. The molecule has 0 saturated carbocycles. The van der Waals surface area contributed by atoms with Crippen LogP contribution in [0.3, 0.4) is 0 Å². The molecule has 0 atom stereocenters. The summed E-state index contributed by atoms with van der Waals surface area (Å²) in [6.07, 6.45) is 7.66. The number of aromatic nitrogens is 3. The normalized spacial score (nSPS) is 14.1. The molecular formula is C26H31N7OS. The molecule has 0 spiro atoms. The third kappa shape index (κ3) is 5.92. The molecule has 9 heteroatoms. The van der Waals surface area contributed by atoms with Crippen LogP contribution < -0.4 is 21.3 Å². The van der Waals surface area contributed by atoms with E-state index in [2.05, 4.69) is 56.1 Å². The Labute approximate surface area is 210 Å². The highest BCUT2D eigenvalue weighted by atomic mass is 32.2. The van der Waals surface area contributed by atoms with Gasteiger partial charge in [0.2, 0.25) is 0 Å². The highest BCUT2D eigenvalue weighted by Gasteiger charge is 2.23. The van der Waals surface area contributed by atoms with Gasteiger partial charge in [0.1, 0.15) is 5.82 Å². The van der Waals surface area contributed by atoms with Crippen LogP contribution in [0.25, 0.3) is 5.70 Å². The standard InChI is InChI=1S/C26H31N7OS/c1-16-21(29-12-19-13-30-25(35-5)33-23(19)27-4)10-20(14-28-16)32-24(34)18-8-6-17(7-9-18)22-11-26(2,3)15-31-22/h6-11,13-14,29,31H,12,15H2,1-5H3,(H,32,34)(H,27,30,33). The van der Waals surface area contributed by atoms with E-state index in [0.717, 1.165) is 40.6 Å². The van der Waals surface area contributed by atoms with Gasteiger partial charge >= 0.3 is 0 Å². The number of rotatable bonds is 8. The minimum absolute atomic E-state index is 0.134. The Hall–Kier alpha value is -3.59. The summed E-state index contributed by atoms with van der Waals surface area (Å²) in [5.41, 5.74) is 6.13. The molecule has 1 aromatic carbocycles. The van der Waals surface area contributed by atoms with Crippen molar-refractivity contribution in [3.05, 3.63) is 71.2 Å². The maximum Gasteiger partial charge on any atom is 0.255 e. The number of thioether (sulfide) groups is 1. The van der Waals surface area contributed by atoms with Gasteiger partial charge < -0.3 is 21.3 Å². The number of benzene rings is 1. The smallest absolute Gasteiger partial charge is 0.255 e. The molecule has 35 heavy (non-hydrogen) atoms. The van der Waals surface area contributed by atoms with Gasteiger partial charge in [-0.3, -0.25) is 9.78 Å². The van der Waals surface area contributed by atoms with Crippen LogP contribution >= 0.6 is 11.8 Å². The minimum atomic E-state index is -0.180. The molecule has 1 aliphatic rings. The van der Waals surface area contributed by atoms with E-state index in [-0.39, 0.29) is 11.3 Å². The molecule has 0 aliphatic carbocycles. The van der Waals surface area contributed by atoms with Crippen LogP contribution in [0.1, 0.15) is 41.0 Å². The molecule has 182 valence electrons. The monoisotopic (exact) mass is 489 g/mol. The number of hydrogen-bond acceptors (Lipinski definition) is 8. The van der Waals surface area contributed by atoms with Gasteiger partial charge in [-0.2, -0.15) is 0 Å². The predicted molar refractivity (Wildman–Crippen MR) is 144 cm³/mol. The molecule has 0 saturated heterocycles. The first-order valence-corrected chi connectivity index (χ1v) is 12.7. The second-order valence-electron chi connectivity index (χ2n) is 9.12. The SMILES string of the molecule is CNc1nc(SC)ncc1CNc1cc(NC(=O)c2ccc(C3=CC(C)(C)CN3)cc2)cnc1C. The van der Waals surface area contributed by atoms with Crippen molar-refractivity contribution < 1.29 is 4.79 Å². The summed E-state index contributed by atoms with van der Waals surface area (Å²) >= 11 is 1.50. The van der Waals surface area contributed by atoms with E-state index in [1.165, 1.54) is 11.8 Å². The lowest BCUT2D eigenvalue weighted by Crippen LogP contribution is -2.17. The van der Waals surface area contributed by atoms with Gasteiger partial charge in [0, 0.05) is 48.6 Å². The van der Waals surface area contributed by atoms with Crippen LogP contribution in [0.5, 0.6) is 0 Å². The highest BCUT2D eigenvalue weighted by Crippen LogP contribution is 2.29. The molecule has 2 aromatic heterocycles. The zero-order valence-corrected chi connectivity index (χ0v) is 21.5. The van der Waals surface area contributed by atoms with Crippen molar-refractivity contribution in [2.75, 3.05) is 35.8 Å². The van der Waals surface area contributed by atoms with E-state index >= 15 is 0 Å². The molecule has 0 fully saturated rings. The van der Waals surface area contributed by atoms with Gasteiger partial charge in [0.15, 0.2) is 5.16 Å². The quantitative estimate of drug-likeness (QED) is 0.265. The minimum Gasteiger partial charge on any atom is -0.384 e. The second kappa shape index (κ2) is 10.4. The molecule has 1 amide bonds. The Bertz CT molecular complexity index is 1260. The summed E-state index contributed by atoms with van der Waals surface area (Å²) in [4.78, 5) is 26.2. The number of aryl methyl sites for hydroxylation is 1. The van der Waals surface area contributed by atoms with E-state index in [4.69, 9.17) is 0 Å². The number of nitrogens with one attached hydrogen (secondary N) is 4. The van der Waals surface area contributed by atoms with Crippen LogP contribution in [0, 0.1) is 12.3 Å². The predicted octanol–water partition coefficient (Wildman–Crippen LogP) is 4.78. The van der Waals surface area contributed by atoms with Crippen molar-refractivity contribution >= 4 is 40.6 Å². The second-order valence-corrected chi connectivity index (χ2v) is 9.90. The summed E-state index contributed by atoms with van der Waals surface area (Å²) < 4.78 is 0. The van der Waals surface area contributed by atoms with Crippen LogP contribution in [0.15, 0.2) is 54.0 Å².